The van der Waals surface area contributed by atoms with Gasteiger partial charge in [-0.2, -0.15) is 0 Å². The maximum Gasteiger partial charge on any atom is 0.258 e. The van der Waals surface area contributed by atoms with Crippen molar-refractivity contribution in [1.82, 2.24) is 4.90 Å². The van der Waals surface area contributed by atoms with E-state index in [1.807, 2.05) is 30.0 Å². The van der Waals surface area contributed by atoms with Crippen LogP contribution < -0.4 is 14.8 Å². The van der Waals surface area contributed by atoms with E-state index in [-0.39, 0.29) is 17.5 Å². The maximum atomic E-state index is 14.0. The number of rotatable bonds is 4. The van der Waals surface area contributed by atoms with Crippen molar-refractivity contribution in [2.24, 2.45) is 0 Å². The van der Waals surface area contributed by atoms with Gasteiger partial charge in [0, 0.05) is 23.4 Å². The highest BCUT2D eigenvalue weighted by Gasteiger charge is 2.34. The first-order valence-corrected chi connectivity index (χ1v) is 11.4. The topological polar surface area (TPSA) is 67.9 Å². The molecule has 174 valence electrons. The van der Waals surface area contributed by atoms with Gasteiger partial charge in [-0.05, 0) is 55.7 Å². The Labute approximate surface area is 197 Å². The molecule has 1 N–H and O–H groups in total. The van der Waals surface area contributed by atoms with Crippen molar-refractivity contribution in [3.63, 3.8) is 0 Å². The molecule has 1 atom stereocenters. The van der Waals surface area contributed by atoms with Gasteiger partial charge in [0.25, 0.3) is 11.8 Å². The van der Waals surface area contributed by atoms with Gasteiger partial charge in [0.05, 0.1) is 11.6 Å². The fourth-order valence-corrected chi connectivity index (χ4v) is 4.58. The molecule has 0 bridgehead atoms. The molecule has 1 unspecified atom stereocenters. The number of fused-ring (bicyclic) bond motifs is 1. The van der Waals surface area contributed by atoms with Crippen LogP contribution in [0.4, 0.5) is 10.1 Å². The molecule has 2 aliphatic heterocycles. The third-order valence-corrected chi connectivity index (χ3v) is 6.32. The molecule has 0 spiro atoms. The van der Waals surface area contributed by atoms with E-state index in [4.69, 9.17) is 9.47 Å². The molecule has 0 saturated carbocycles. The van der Waals surface area contributed by atoms with E-state index in [0.717, 1.165) is 24.0 Å². The van der Waals surface area contributed by atoms with Gasteiger partial charge < -0.3 is 19.7 Å². The normalized spacial score (nSPS) is 16.9. The molecule has 34 heavy (non-hydrogen) atoms. The quantitative estimate of drug-likeness (QED) is 0.586. The number of nitrogens with one attached hydrogen (secondary N) is 1. The summed E-state index contributed by atoms with van der Waals surface area (Å²) in [6.07, 6.45) is 1.71. The van der Waals surface area contributed by atoms with Crippen molar-refractivity contribution >= 4 is 17.5 Å². The summed E-state index contributed by atoms with van der Waals surface area (Å²) in [6.45, 7) is 3.44. The van der Waals surface area contributed by atoms with Crippen LogP contribution in [-0.2, 0) is 0 Å². The molecule has 1 saturated heterocycles. The van der Waals surface area contributed by atoms with Crippen LogP contribution in [0.1, 0.15) is 50.7 Å². The summed E-state index contributed by atoms with van der Waals surface area (Å²) in [7, 11) is 0. The second kappa shape index (κ2) is 9.17. The highest BCUT2D eigenvalue weighted by molar-refractivity contribution is 6.05. The van der Waals surface area contributed by atoms with E-state index < -0.39 is 11.7 Å². The Morgan fingerprint density at radius 2 is 1.85 bits per heavy atom. The minimum absolute atomic E-state index is 0.0469. The molecule has 0 aliphatic carbocycles. The van der Waals surface area contributed by atoms with Gasteiger partial charge in [-0.1, -0.05) is 30.3 Å². The molecule has 3 aromatic rings. The molecular formula is C27H25FN2O4. The van der Waals surface area contributed by atoms with E-state index >= 15 is 0 Å². The number of hydrogen-bond donors (Lipinski definition) is 1. The predicted octanol–water partition coefficient (Wildman–Crippen LogP) is 5.13. The Bertz CT molecular complexity index is 1260. The molecular weight excluding hydrogens is 435 g/mol. The van der Waals surface area contributed by atoms with Crippen LogP contribution in [0.25, 0.3) is 0 Å². The SMILES string of the molecule is Cc1ccc(C(=O)N2CCCC2c2cccc3c2OCCO3)cc1NC(=O)c1ccccc1F. The fraction of sp³-hybridized carbons (Fsp3) is 0.259. The fourth-order valence-electron chi connectivity index (χ4n) is 4.58. The lowest BCUT2D eigenvalue weighted by Gasteiger charge is -2.29. The summed E-state index contributed by atoms with van der Waals surface area (Å²) in [5.74, 6) is 0.134. The zero-order chi connectivity index (χ0) is 23.7. The van der Waals surface area contributed by atoms with Gasteiger partial charge in [-0.25, -0.2) is 4.39 Å². The molecule has 7 heteroatoms. The number of aryl methyl sites for hydroxylation is 1. The zero-order valence-electron chi connectivity index (χ0n) is 18.8. The van der Waals surface area contributed by atoms with Crippen LogP contribution in [0.3, 0.4) is 0 Å². The van der Waals surface area contributed by atoms with Crippen LogP contribution in [0.2, 0.25) is 0 Å². The van der Waals surface area contributed by atoms with Crippen LogP contribution in [0.15, 0.2) is 60.7 Å². The number of amides is 2. The molecule has 2 heterocycles. The summed E-state index contributed by atoms with van der Waals surface area (Å²) in [6, 6.07) is 16.7. The zero-order valence-corrected chi connectivity index (χ0v) is 18.8. The smallest absolute Gasteiger partial charge is 0.258 e. The number of halogens is 1. The van der Waals surface area contributed by atoms with Crippen LogP contribution in [-0.4, -0.2) is 36.5 Å². The Balaban J connectivity index is 1.41. The van der Waals surface area contributed by atoms with E-state index in [1.54, 1.807) is 24.3 Å². The molecule has 2 aliphatic rings. The number of anilines is 1. The summed E-state index contributed by atoms with van der Waals surface area (Å²) in [5.41, 5.74) is 2.62. The van der Waals surface area contributed by atoms with E-state index in [9.17, 15) is 14.0 Å². The van der Waals surface area contributed by atoms with Gasteiger partial charge in [-0.15, -0.1) is 0 Å². The molecule has 0 radical (unpaired) electrons. The number of likely N-dealkylation sites (tertiary alicyclic amines) is 1. The largest absolute Gasteiger partial charge is 0.486 e. The van der Waals surface area contributed by atoms with Crippen LogP contribution >= 0.6 is 0 Å². The molecule has 2 amide bonds. The maximum absolute atomic E-state index is 14.0. The molecule has 1 fully saturated rings. The minimum atomic E-state index is -0.595. The van der Waals surface area contributed by atoms with Crippen molar-refractivity contribution in [3.8, 4) is 11.5 Å². The number of hydrogen-bond acceptors (Lipinski definition) is 4. The monoisotopic (exact) mass is 460 g/mol. The highest BCUT2D eigenvalue weighted by Crippen LogP contribution is 2.43. The van der Waals surface area contributed by atoms with Crippen molar-refractivity contribution < 1.29 is 23.5 Å². The van der Waals surface area contributed by atoms with Gasteiger partial charge in [0.2, 0.25) is 0 Å². The number of benzene rings is 3. The molecule has 0 aromatic heterocycles. The van der Waals surface area contributed by atoms with Crippen LogP contribution in [0, 0.1) is 12.7 Å². The minimum Gasteiger partial charge on any atom is -0.486 e. The Morgan fingerprint density at radius 1 is 1.03 bits per heavy atom. The highest BCUT2D eigenvalue weighted by atomic mass is 19.1. The van der Waals surface area contributed by atoms with E-state index in [0.29, 0.717) is 42.5 Å². The first kappa shape index (κ1) is 21.9. The lowest BCUT2D eigenvalue weighted by atomic mass is 10.0. The van der Waals surface area contributed by atoms with Crippen LogP contribution in [0.5, 0.6) is 11.5 Å². The third kappa shape index (κ3) is 4.09. The summed E-state index contributed by atoms with van der Waals surface area (Å²) in [5, 5.41) is 2.75. The Hall–Kier alpha value is -3.87. The average Bonchev–Trinajstić information content (AvgIpc) is 3.34. The van der Waals surface area contributed by atoms with Gasteiger partial charge >= 0.3 is 0 Å². The first-order valence-electron chi connectivity index (χ1n) is 11.4. The number of para-hydroxylation sites is 1. The lowest BCUT2D eigenvalue weighted by Crippen LogP contribution is -2.31. The summed E-state index contributed by atoms with van der Waals surface area (Å²) in [4.78, 5) is 28.0. The van der Waals surface area contributed by atoms with Crippen molar-refractivity contribution in [2.75, 3.05) is 25.1 Å². The molecule has 3 aromatic carbocycles. The van der Waals surface area contributed by atoms with Crippen molar-refractivity contribution in [1.29, 1.82) is 0 Å². The van der Waals surface area contributed by atoms with Crippen molar-refractivity contribution in [2.45, 2.75) is 25.8 Å². The third-order valence-electron chi connectivity index (χ3n) is 6.32. The molecule has 5 rings (SSSR count). The summed E-state index contributed by atoms with van der Waals surface area (Å²) < 4.78 is 25.6. The lowest BCUT2D eigenvalue weighted by molar-refractivity contribution is 0.0730. The number of nitrogens with zero attached hydrogens (tertiary/aromatic N) is 1. The second-order valence-corrected chi connectivity index (χ2v) is 8.49. The Morgan fingerprint density at radius 3 is 2.71 bits per heavy atom. The summed E-state index contributed by atoms with van der Waals surface area (Å²) >= 11 is 0. The molecule has 6 nitrogen and oxygen atoms in total. The Kier molecular flexibility index (Phi) is 5.92. The standard InChI is InChI=1S/C27H25FN2O4/c1-17-11-12-18(16-22(17)29-26(31)19-6-2-3-8-21(19)28)27(32)30-13-5-9-23(30)20-7-4-10-24-25(20)34-15-14-33-24/h2-4,6-8,10-12,16,23H,5,9,13-15H2,1H3,(H,29,31). The first-order chi connectivity index (χ1) is 16.5. The van der Waals surface area contributed by atoms with E-state index in [1.165, 1.54) is 18.2 Å². The number of carbonyl (C=O) groups excluding carboxylic acids is 2. The second-order valence-electron chi connectivity index (χ2n) is 8.49. The van der Waals surface area contributed by atoms with E-state index in [2.05, 4.69) is 5.32 Å². The number of carbonyl (C=O) groups is 2. The van der Waals surface area contributed by atoms with Gasteiger partial charge in [0.15, 0.2) is 11.5 Å². The van der Waals surface area contributed by atoms with Crippen molar-refractivity contribution in [3.05, 3.63) is 88.7 Å². The average molecular weight is 461 g/mol. The van der Waals surface area contributed by atoms with Gasteiger partial charge in [0.1, 0.15) is 19.0 Å². The predicted molar refractivity (Wildman–Crippen MR) is 126 cm³/mol. The van der Waals surface area contributed by atoms with Gasteiger partial charge in [-0.3, -0.25) is 9.59 Å². The number of ether oxygens (including phenoxy) is 2.